The second-order valence-corrected chi connectivity index (χ2v) is 6.53. The van der Waals surface area contributed by atoms with E-state index in [1.165, 1.54) is 11.3 Å². The van der Waals surface area contributed by atoms with Gasteiger partial charge in [0.05, 0.1) is 23.2 Å². The number of hydrogen-bond donors (Lipinski definition) is 0. The molecule has 2 aromatic heterocycles. The summed E-state index contributed by atoms with van der Waals surface area (Å²) < 4.78 is 6.65. The molecule has 0 aliphatic carbocycles. The summed E-state index contributed by atoms with van der Waals surface area (Å²) in [4.78, 5) is 34.6. The van der Waals surface area contributed by atoms with Crippen molar-refractivity contribution in [1.82, 2.24) is 9.55 Å². The van der Waals surface area contributed by atoms with Crippen molar-refractivity contribution in [1.29, 1.82) is 0 Å². The van der Waals surface area contributed by atoms with Crippen molar-refractivity contribution in [2.45, 2.75) is 26.8 Å². The quantitative estimate of drug-likeness (QED) is 0.647. The topological polar surface area (TPSA) is 73.5 Å². The number of benzene rings is 1. The Morgan fingerprint density at radius 3 is 2.69 bits per heavy atom. The van der Waals surface area contributed by atoms with Gasteiger partial charge in [-0.3, -0.25) is 9.36 Å². The molecule has 0 saturated carbocycles. The third-order valence-corrected chi connectivity index (χ3v) is 4.73. The van der Waals surface area contributed by atoms with Crippen LogP contribution in [0.25, 0.3) is 10.2 Å². The van der Waals surface area contributed by atoms with Crippen LogP contribution in [0.2, 0.25) is 0 Å². The summed E-state index contributed by atoms with van der Waals surface area (Å²) >= 11 is 1.37. The first-order valence-electron chi connectivity index (χ1n) is 8.44. The van der Waals surface area contributed by atoms with Crippen LogP contribution in [0.5, 0.6) is 0 Å². The average Bonchev–Trinajstić information content (AvgIpc) is 2.66. The summed E-state index contributed by atoms with van der Waals surface area (Å²) in [6.45, 7) is 4.70. The molecule has 3 rings (SSSR count). The number of aromatic nitrogens is 2. The van der Waals surface area contributed by atoms with E-state index in [1.54, 1.807) is 54.1 Å². The lowest BCUT2D eigenvalue weighted by atomic mass is 10.2. The highest BCUT2D eigenvalue weighted by Gasteiger charge is 2.08. The van der Waals surface area contributed by atoms with Crippen molar-refractivity contribution in [3.8, 4) is 0 Å². The zero-order valence-electron chi connectivity index (χ0n) is 14.6. The highest BCUT2D eigenvalue weighted by molar-refractivity contribution is 7.15. The van der Waals surface area contributed by atoms with Gasteiger partial charge in [-0.1, -0.05) is 18.3 Å². The minimum absolute atomic E-state index is 0.0874. The van der Waals surface area contributed by atoms with Gasteiger partial charge < -0.3 is 4.74 Å². The van der Waals surface area contributed by atoms with Gasteiger partial charge in [0.2, 0.25) is 0 Å². The molecule has 0 N–H and O–H groups in total. The normalized spacial score (nSPS) is 11.7. The summed E-state index contributed by atoms with van der Waals surface area (Å²) in [5.74, 6) is -0.361. The molecule has 0 fully saturated rings. The Bertz CT molecular complexity index is 1050. The van der Waals surface area contributed by atoms with Crippen molar-refractivity contribution < 1.29 is 9.53 Å². The highest BCUT2D eigenvalue weighted by Crippen LogP contribution is 2.14. The van der Waals surface area contributed by atoms with Gasteiger partial charge in [-0.05, 0) is 49.7 Å². The third kappa shape index (κ3) is 3.72. The van der Waals surface area contributed by atoms with Gasteiger partial charge in [0, 0.05) is 12.7 Å². The number of carbonyl (C=O) groups is 1. The van der Waals surface area contributed by atoms with Crippen molar-refractivity contribution in [2.24, 2.45) is 4.99 Å². The molecular weight excluding hydrogens is 350 g/mol. The van der Waals surface area contributed by atoms with Crippen LogP contribution < -0.4 is 10.4 Å². The highest BCUT2D eigenvalue weighted by atomic mass is 32.1. The van der Waals surface area contributed by atoms with Crippen LogP contribution in [0.15, 0.2) is 52.4 Å². The number of ether oxygens (including phenoxy) is 1. The van der Waals surface area contributed by atoms with Gasteiger partial charge in [0.25, 0.3) is 5.56 Å². The molecule has 0 unspecified atom stereocenters. The van der Waals surface area contributed by atoms with E-state index in [-0.39, 0.29) is 11.5 Å². The maximum atomic E-state index is 12.8. The van der Waals surface area contributed by atoms with E-state index in [2.05, 4.69) is 9.98 Å². The van der Waals surface area contributed by atoms with Crippen molar-refractivity contribution in [3.63, 3.8) is 0 Å². The summed E-state index contributed by atoms with van der Waals surface area (Å²) in [5, 5.41) is 0.600. The first-order chi connectivity index (χ1) is 12.6. The van der Waals surface area contributed by atoms with Crippen LogP contribution >= 0.6 is 11.3 Å². The van der Waals surface area contributed by atoms with Gasteiger partial charge in [-0.25, -0.2) is 14.8 Å². The van der Waals surface area contributed by atoms with E-state index in [1.807, 2.05) is 6.92 Å². The minimum Gasteiger partial charge on any atom is -0.462 e. The molecular formula is C19H19N3O3S. The number of rotatable bonds is 5. The number of pyridine rings is 1. The van der Waals surface area contributed by atoms with Crippen LogP contribution in [-0.4, -0.2) is 22.1 Å². The molecule has 134 valence electrons. The molecule has 1 aromatic carbocycles. The van der Waals surface area contributed by atoms with Crippen LogP contribution in [0.3, 0.4) is 0 Å². The molecule has 6 nitrogen and oxygen atoms in total. The molecule has 7 heteroatoms. The van der Waals surface area contributed by atoms with Gasteiger partial charge in [-0.15, -0.1) is 0 Å². The van der Waals surface area contributed by atoms with E-state index >= 15 is 0 Å². The molecule has 0 aliphatic rings. The Morgan fingerprint density at radius 2 is 2.00 bits per heavy atom. The van der Waals surface area contributed by atoms with E-state index < -0.39 is 0 Å². The molecule has 0 bridgehead atoms. The number of nitrogens with zero attached hydrogens (tertiary/aromatic N) is 3. The van der Waals surface area contributed by atoms with E-state index in [4.69, 9.17) is 4.74 Å². The number of fused-ring (bicyclic) bond motifs is 1. The fourth-order valence-corrected chi connectivity index (χ4v) is 3.50. The van der Waals surface area contributed by atoms with Crippen molar-refractivity contribution >= 4 is 33.2 Å². The Hall–Kier alpha value is -2.80. The fraction of sp³-hybridized carbons (Fsp3) is 0.263. The van der Waals surface area contributed by atoms with Crippen LogP contribution in [0, 0.1) is 0 Å². The maximum Gasteiger partial charge on any atom is 0.338 e. The van der Waals surface area contributed by atoms with Crippen LogP contribution in [-0.2, 0) is 11.3 Å². The van der Waals surface area contributed by atoms with Crippen molar-refractivity contribution in [3.05, 3.63) is 63.3 Å². The standard InChI is InChI=1S/C19H19N3O3S/c1-3-12-22-17(23)15-6-5-11-20-16(15)26-19(22)21-14-9-7-13(8-10-14)18(24)25-4-2/h5-11H,3-4,12H2,1-2H3/b21-19+. The Kier molecular flexibility index (Phi) is 5.58. The molecule has 0 radical (unpaired) electrons. The molecule has 0 spiro atoms. The SMILES string of the molecule is CCCn1c(=O)c2cccnc2s/c1=N/c1ccc(C(=O)OCC)cc1. The molecule has 26 heavy (non-hydrogen) atoms. The first kappa shape index (κ1) is 18.0. The smallest absolute Gasteiger partial charge is 0.338 e. The lowest BCUT2D eigenvalue weighted by Crippen LogP contribution is -2.31. The molecule has 0 saturated heterocycles. The number of hydrogen-bond acceptors (Lipinski definition) is 6. The largest absolute Gasteiger partial charge is 0.462 e. The second kappa shape index (κ2) is 8.05. The van der Waals surface area contributed by atoms with Crippen LogP contribution in [0.4, 0.5) is 5.69 Å². The Morgan fingerprint density at radius 1 is 1.23 bits per heavy atom. The predicted molar refractivity (Wildman–Crippen MR) is 102 cm³/mol. The molecule has 0 atom stereocenters. The van der Waals surface area contributed by atoms with Crippen LogP contribution in [0.1, 0.15) is 30.6 Å². The van der Waals surface area contributed by atoms with Crippen molar-refractivity contribution in [2.75, 3.05) is 6.61 Å². The zero-order chi connectivity index (χ0) is 18.5. The maximum absolute atomic E-state index is 12.8. The lowest BCUT2D eigenvalue weighted by Gasteiger charge is -2.06. The Labute approximate surface area is 154 Å². The monoisotopic (exact) mass is 369 g/mol. The zero-order valence-corrected chi connectivity index (χ0v) is 15.5. The average molecular weight is 369 g/mol. The van der Waals surface area contributed by atoms with Gasteiger partial charge in [0.15, 0.2) is 4.80 Å². The number of esters is 1. The molecule has 0 amide bonds. The number of carbonyl (C=O) groups excluding carboxylic acids is 1. The van der Waals surface area contributed by atoms with E-state index in [0.717, 1.165) is 6.42 Å². The van der Waals surface area contributed by atoms with E-state index in [9.17, 15) is 9.59 Å². The van der Waals surface area contributed by atoms with Gasteiger partial charge >= 0.3 is 5.97 Å². The second-order valence-electron chi connectivity index (χ2n) is 5.58. The van der Waals surface area contributed by atoms with Gasteiger partial charge in [-0.2, -0.15) is 0 Å². The summed E-state index contributed by atoms with van der Waals surface area (Å²) in [7, 11) is 0. The van der Waals surface area contributed by atoms with Gasteiger partial charge in [0.1, 0.15) is 4.83 Å². The van der Waals surface area contributed by atoms with E-state index in [0.29, 0.717) is 39.4 Å². The Balaban J connectivity index is 2.10. The molecule has 0 aliphatic heterocycles. The first-order valence-corrected chi connectivity index (χ1v) is 9.26. The summed E-state index contributed by atoms with van der Waals surface area (Å²) in [6, 6.07) is 10.4. The summed E-state index contributed by atoms with van der Waals surface area (Å²) in [5.41, 5.74) is 1.05. The lowest BCUT2D eigenvalue weighted by molar-refractivity contribution is 0.0526. The predicted octanol–water partition coefficient (Wildman–Crippen LogP) is 3.28. The fourth-order valence-electron chi connectivity index (χ4n) is 2.51. The molecule has 3 aromatic rings. The summed E-state index contributed by atoms with van der Waals surface area (Å²) in [6.07, 6.45) is 2.49. The minimum atomic E-state index is -0.361. The molecule has 2 heterocycles. The third-order valence-electron chi connectivity index (χ3n) is 3.72.